The van der Waals surface area contributed by atoms with Crippen LogP contribution < -0.4 is 0 Å². The fourth-order valence-corrected chi connectivity index (χ4v) is 1.78. The Kier molecular flexibility index (Phi) is 8.70. The maximum Gasteiger partial charge on any atom is 0.303 e. The third-order valence-corrected chi connectivity index (χ3v) is 2.80. The second-order valence-corrected chi connectivity index (χ2v) is 4.06. The number of hydrogen-bond donors (Lipinski definition) is 1. The van der Waals surface area contributed by atoms with Crippen molar-refractivity contribution in [1.29, 1.82) is 0 Å². The fourth-order valence-electron chi connectivity index (χ4n) is 1.78. The fraction of sp³-hybridized carbons (Fsp3) is 0.917. The molecule has 0 heterocycles. The van der Waals surface area contributed by atoms with E-state index in [2.05, 4.69) is 13.8 Å². The molecule has 2 heteroatoms. The van der Waals surface area contributed by atoms with Gasteiger partial charge in [0.15, 0.2) is 0 Å². The van der Waals surface area contributed by atoms with Crippen LogP contribution in [0.15, 0.2) is 0 Å². The molecule has 0 aromatic heterocycles. The van der Waals surface area contributed by atoms with E-state index in [0.717, 1.165) is 18.8 Å². The summed E-state index contributed by atoms with van der Waals surface area (Å²) < 4.78 is 0. The molecule has 0 aromatic carbocycles. The predicted molar refractivity (Wildman–Crippen MR) is 59.4 cm³/mol. The molecule has 0 rings (SSSR count). The molecule has 84 valence electrons. The van der Waals surface area contributed by atoms with Gasteiger partial charge in [-0.3, -0.25) is 4.79 Å². The van der Waals surface area contributed by atoms with Crippen molar-refractivity contribution < 1.29 is 9.90 Å². The first-order chi connectivity index (χ1) is 6.70. The molecule has 0 aliphatic rings. The summed E-state index contributed by atoms with van der Waals surface area (Å²) in [5.74, 6) is 0.0920. The number of hydrogen-bond acceptors (Lipinski definition) is 1. The molecule has 0 bridgehead atoms. The van der Waals surface area contributed by atoms with Crippen molar-refractivity contribution in [1.82, 2.24) is 0 Å². The van der Waals surface area contributed by atoms with Gasteiger partial charge in [-0.05, 0) is 18.8 Å². The average Bonchev–Trinajstić information content (AvgIpc) is 2.15. The van der Waals surface area contributed by atoms with Crippen molar-refractivity contribution in [3.8, 4) is 0 Å². The van der Waals surface area contributed by atoms with Gasteiger partial charge in [-0.2, -0.15) is 0 Å². The van der Waals surface area contributed by atoms with Crippen LogP contribution in [0.4, 0.5) is 0 Å². The molecule has 0 radical (unpaired) electrons. The summed E-state index contributed by atoms with van der Waals surface area (Å²) in [6, 6.07) is 0. The lowest BCUT2D eigenvalue weighted by Gasteiger charge is -2.13. The second kappa shape index (κ2) is 9.04. The minimum absolute atomic E-state index is 0.338. The van der Waals surface area contributed by atoms with Gasteiger partial charge in [-0.25, -0.2) is 0 Å². The van der Waals surface area contributed by atoms with Crippen molar-refractivity contribution in [3.05, 3.63) is 0 Å². The van der Waals surface area contributed by atoms with Crippen molar-refractivity contribution in [2.45, 2.75) is 65.2 Å². The van der Waals surface area contributed by atoms with E-state index in [1.54, 1.807) is 0 Å². The van der Waals surface area contributed by atoms with Gasteiger partial charge in [0, 0.05) is 6.42 Å². The smallest absolute Gasteiger partial charge is 0.303 e. The van der Waals surface area contributed by atoms with E-state index in [9.17, 15) is 4.79 Å². The van der Waals surface area contributed by atoms with Crippen molar-refractivity contribution >= 4 is 5.97 Å². The SMILES string of the molecule is CCCCCC(CC)CCCC(=O)O. The van der Waals surface area contributed by atoms with Gasteiger partial charge in [0.2, 0.25) is 0 Å². The first kappa shape index (κ1) is 13.5. The van der Waals surface area contributed by atoms with Gasteiger partial charge in [-0.1, -0.05) is 46.0 Å². The number of unbranched alkanes of at least 4 members (excludes halogenated alkanes) is 2. The molecular formula is C12H24O2. The number of aliphatic carboxylic acids is 1. The first-order valence-electron chi connectivity index (χ1n) is 5.92. The Morgan fingerprint density at radius 3 is 2.29 bits per heavy atom. The van der Waals surface area contributed by atoms with Crippen LogP contribution in [-0.4, -0.2) is 11.1 Å². The summed E-state index contributed by atoms with van der Waals surface area (Å²) in [5.41, 5.74) is 0. The molecule has 1 N–H and O–H groups in total. The summed E-state index contributed by atoms with van der Waals surface area (Å²) >= 11 is 0. The maximum absolute atomic E-state index is 10.3. The summed E-state index contributed by atoms with van der Waals surface area (Å²) in [6.45, 7) is 4.42. The zero-order valence-corrected chi connectivity index (χ0v) is 9.59. The Morgan fingerprint density at radius 1 is 1.14 bits per heavy atom. The second-order valence-electron chi connectivity index (χ2n) is 4.06. The molecule has 0 aliphatic carbocycles. The zero-order chi connectivity index (χ0) is 10.8. The van der Waals surface area contributed by atoms with E-state index >= 15 is 0 Å². The highest BCUT2D eigenvalue weighted by molar-refractivity contribution is 5.66. The Morgan fingerprint density at radius 2 is 1.79 bits per heavy atom. The molecule has 0 amide bonds. The summed E-state index contributed by atoms with van der Waals surface area (Å²) in [5, 5.41) is 8.51. The van der Waals surface area contributed by atoms with Gasteiger partial charge < -0.3 is 5.11 Å². The lowest BCUT2D eigenvalue weighted by Crippen LogP contribution is -2.01. The summed E-state index contributed by atoms with van der Waals surface area (Å²) in [7, 11) is 0. The van der Waals surface area contributed by atoms with Crippen LogP contribution in [0, 0.1) is 5.92 Å². The van der Waals surface area contributed by atoms with E-state index < -0.39 is 5.97 Å². The van der Waals surface area contributed by atoms with Gasteiger partial charge >= 0.3 is 5.97 Å². The molecule has 0 saturated heterocycles. The number of rotatable bonds is 9. The monoisotopic (exact) mass is 200 g/mol. The molecule has 0 aromatic rings. The van der Waals surface area contributed by atoms with Crippen LogP contribution in [0.2, 0.25) is 0 Å². The molecule has 1 unspecified atom stereocenters. The highest BCUT2D eigenvalue weighted by atomic mass is 16.4. The van der Waals surface area contributed by atoms with Crippen LogP contribution >= 0.6 is 0 Å². The van der Waals surface area contributed by atoms with Gasteiger partial charge in [-0.15, -0.1) is 0 Å². The van der Waals surface area contributed by atoms with E-state index in [0.29, 0.717) is 6.42 Å². The van der Waals surface area contributed by atoms with E-state index in [1.165, 1.54) is 32.1 Å². The van der Waals surface area contributed by atoms with Crippen LogP contribution in [0.3, 0.4) is 0 Å². The van der Waals surface area contributed by atoms with E-state index in [1.807, 2.05) is 0 Å². The minimum Gasteiger partial charge on any atom is -0.481 e. The third kappa shape index (κ3) is 8.09. The van der Waals surface area contributed by atoms with Crippen LogP contribution in [0.25, 0.3) is 0 Å². The van der Waals surface area contributed by atoms with Gasteiger partial charge in [0.25, 0.3) is 0 Å². The molecule has 0 aliphatic heterocycles. The summed E-state index contributed by atoms with van der Waals surface area (Å²) in [4.78, 5) is 10.3. The van der Waals surface area contributed by atoms with Crippen LogP contribution in [-0.2, 0) is 4.79 Å². The van der Waals surface area contributed by atoms with Gasteiger partial charge in [0.05, 0.1) is 0 Å². The van der Waals surface area contributed by atoms with E-state index in [-0.39, 0.29) is 0 Å². The normalized spacial score (nSPS) is 12.7. The lowest BCUT2D eigenvalue weighted by atomic mass is 9.93. The molecule has 0 saturated carbocycles. The largest absolute Gasteiger partial charge is 0.481 e. The molecule has 2 nitrogen and oxygen atoms in total. The highest BCUT2D eigenvalue weighted by Gasteiger charge is 2.06. The summed E-state index contributed by atoms with van der Waals surface area (Å²) in [6.07, 6.45) is 8.65. The quantitative estimate of drug-likeness (QED) is 0.574. The van der Waals surface area contributed by atoms with E-state index in [4.69, 9.17) is 5.11 Å². The number of carboxylic acids is 1. The predicted octanol–water partition coefficient (Wildman–Crippen LogP) is 3.85. The van der Waals surface area contributed by atoms with Gasteiger partial charge in [0.1, 0.15) is 0 Å². The topological polar surface area (TPSA) is 37.3 Å². The molecular weight excluding hydrogens is 176 g/mol. The maximum atomic E-state index is 10.3. The Bertz CT molecular complexity index is 143. The van der Waals surface area contributed by atoms with Crippen LogP contribution in [0.5, 0.6) is 0 Å². The Balaban J connectivity index is 3.42. The standard InChI is InChI=1S/C12H24O2/c1-3-5-6-8-11(4-2)9-7-10-12(13)14/h11H,3-10H2,1-2H3,(H,13,14). The molecule has 14 heavy (non-hydrogen) atoms. The molecule has 0 fully saturated rings. The Labute approximate surface area is 87.7 Å². The van der Waals surface area contributed by atoms with Crippen LogP contribution in [0.1, 0.15) is 65.2 Å². The van der Waals surface area contributed by atoms with Crippen molar-refractivity contribution in [2.24, 2.45) is 5.92 Å². The minimum atomic E-state index is -0.659. The first-order valence-corrected chi connectivity index (χ1v) is 5.92. The Hall–Kier alpha value is -0.530. The number of carboxylic acid groups (broad SMARTS) is 1. The number of carbonyl (C=O) groups is 1. The average molecular weight is 200 g/mol. The molecule has 0 spiro atoms. The highest BCUT2D eigenvalue weighted by Crippen LogP contribution is 2.19. The zero-order valence-electron chi connectivity index (χ0n) is 9.59. The lowest BCUT2D eigenvalue weighted by molar-refractivity contribution is -0.137. The van der Waals surface area contributed by atoms with Crippen molar-refractivity contribution in [3.63, 3.8) is 0 Å². The molecule has 1 atom stereocenters. The van der Waals surface area contributed by atoms with Crippen molar-refractivity contribution in [2.75, 3.05) is 0 Å². The third-order valence-electron chi connectivity index (χ3n) is 2.80.